The fourth-order valence-corrected chi connectivity index (χ4v) is 2.04. The van der Waals surface area contributed by atoms with Gasteiger partial charge < -0.3 is 14.4 Å². The van der Waals surface area contributed by atoms with Gasteiger partial charge in [0.1, 0.15) is 11.9 Å². The third kappa shape index (κ3) is 3.57. The monoisotopic (exact) mass is 276 g/mol. The van der Waals surface area contributed by atoms with Crippen LogP contribution in [0.4, 0.5) is 0 Å². The topological polar surface area (TPSA) is 68.4 Å². The van der Waals surface area contributed by atoms with E-state index in [0.29, 0.717) is 24.7 Å². The summed E-state index contributed by atoms with van der Waals surface area (Å²) < 4.78 is 10.9. The number of phenols is 1. The van der Waals surface area contributed by atoms with Crippen molar-refractivity contribution in [2.45, 2.75) is 39.2 Å². The van der Waals surface area contributed by atoms with Crippen molar-refractivity contribution in [2.75, 3.05) is 6.61 Å². The van der Waals surface area contributed by atoms with Crippen LogP contribution >= 0.6 is 0 Å². The number of benzene rings is 1. The summed E-state index contributed by atoms with van der Waals surface area (Å²) in [5.74, 6) is 1.31. The van der Waals surface area contributed by atoms with Crippen molar-refractivity contribution in [3.05, 3.63) is 41.5 Å². The standard InChI is InChI=1S/C15H20N2O3/c1-3-7-13(19-4-2)15-16-14(20-17-15)10-11-8-5-6-9-12(11)18/h5-6,8-9,13,18H,3-4,7,10H2,1-2H3. The second kappa shape index (κ2) is 7.05. The predicted octanol–water partition coefficient (Wildman–Crippen LogP) is 3.24. The Bertz CT molecular complexity index is 533. The molecule has 0 saturated carbocycles. The average molecular weight is 276 g/mol. The molecule has 1 aromatic carbocycles. The van der Waals surface area contributed by atoms with Crippen LogP contribution in [0.2, 0.25) is 0 Å². The van der Waals surface area contributed by atoms with Gasteiger partial charge in [-0.25, -0.2) is 0 Å². The SMILES string of the molecule is CCCC(OCC)c1noc(Cc2ccccc2O)n1. The third-order valence-electron chi connectivity index (χ3n) is 3.02. The Balaban J connectivity index is 2.10. The quantitative estimate of drug-likeness (QED) is 0.840. The van der Waals surface area contributed by atoms with Gasteiger partial charge in [0.15, 0.2) is 0 Å². The smallest absolute Gasteiger partial charge is 0.231 e. The summed E-state index contributed by atoms with van der Waals surface area (Å²) in [4.78, 5) is 4.37. The minimum absolute atomic E-state index is 0.119. The average Bonchev–Trinajstić information content (AvgIpc) is 2.90. The predicted molar refractivity (Wildman–Crippen MR) is 74.5 cm³/mol. The van der Waals surface area contributed by atoms with E-state index in [2.05, 4.69) is 17.1 Å². The van der Waals surface area contributed by atoms with Gasteiger partial charge in [0.2, 0.25) is 11.7 Å². The van der Waals surface area contributed by atoms with E-state index in [1.807, 2.05) is 19.1 Å². The van der Waals surface area contributed by atoms with Crippen molar-refractivity contribution in [3.8, 4) is 5.75 Å². The van der Waals surface area contributed by atoms with E-state index in [-0.39, 0.29) is 11.9 Å². The lowest BCUT2D eigenvalue weighted by Crippen LogP contribution is -2.06. The number of hydrogen-bond donors (Lipinski definition) is 1. The molecule has 1 N–H and O–H groups in total. The molecule has 1 atom stereocenters. The van der Waals surface area contributed by atoms with Gasteiger partial charge in [0, 0.05) is 12.2 Å². The van der Waals surface area contributed by atoms with E-state index < -0.39 is 0 Å². The molecule has 0 bridgehead atoms. The Kier molecular flexibility index (Phi) is 5.12. The van der Waals surface area contributed by atoms with Gasteiger partial charge in [-0.3, -0.25) is 0 Å². The zero-order valence-corrected chi connectivity index (χ0v) is 11.9. The number of aromatic nitrogens is 2. The van der Waals surface area contributed by atoms with Crippen molar-refractivity contribution in [2.24, 2.45) is 0 Å². The molecular formula is C15H20N2O3. The van der Waals surface area contributed by atoms with Crippen molar-refractivity contribution in [3.63, 3.8) is 0 Å². The third-order valence-corrected chi connectivity index (χ3v) is 3.02. The van der Waals surface area contributed by atoms with E-state index in [0.717, 1.165) is 18.4 Å². The Hall–Kier alpha value is -1.88. The molecule has 0 aliphatic carbocycles. The van der Waals surface area contributed by atoms with Crippen LogP contribution in [-0.4, -0.2) is 21.9 Å². The molecule has 2 aromatic rings. The van der Waals surface area contributed by atoms with E-state index in [1.54, 1.807) is 12.1 Å². The molecule has 0 radical (unpaired) electrons. The fraction of sp³-hybridized carbons (Fsp3) is 0.467. The zero-order chi connectivity index (χ0) is 14.4. The number of ether oxygens (including phenoxy) is 1. The lowest BCUT2D eigenvalue weighted by Gasteiger charge is -2.11. The van der Waals surface area contributed by atoms with Crippen LogP contribution in [0.15, 0.2) is 28.8 Å². The van der Waals surface area contributed by atoms with E-state index in [4.69, 9.17) is 9.26 Å². The highest BCUT2D eigenvalue weighted by atomic mass is 16.5. The first kappa shape index (κ1) is 14.5. The minimum atomic E-state index is -0.119. The second-order valence-electron chi connectivity index (χ2n) is 4.58. The van der Waals surface area contributed by atoms with Gasteiger partial charge in [-0.15, -0.1) is 0 Å². The Morgan fingerprint density at radius 3 is 2.80 bits per heavy atom. The first-order valence-electron chi connectivity index (χ1n) is 6.95. The summed E-state index contributed by atoms with van der Waals surface area (Å²) in [6, 6.07) is 7.13. The molecule has 0 amide bonds. The highest BCUT2D eigenvalue weighted by molar-refractivity contribution is 5.33. The van der Waals surface area contributed by atoms with Crippen LogP contribution in [0.3, 0.4) is 0 Å². The second-order valence-corrected chi connectivity index (χ2v) is 4.58. The number of para-hydroxylation sites is 1. The maximum atomic E-state index is 9.74. The Morgan fingerprint density at radius 2 is 2.10 bits per heavy atom. The minimum Gasteiger partial charge on any atom is -0.508 e. The van der Waals surface area contributed by atoms with Crippen LogP contribution in [0, 0.1) is 0 Å². The molecule has 20 heavy (non-hydrogen) atoms. The Labute approximate surface area is 118 Å². The molecule has 0 aliphatic rings. The summed E-state index contributed by atoms with van der Waals surface area (Å²) in [7, 11) is 0. The van der Waals surface area contributed by atoms with Gasteiger partial charge in [0.25, 0.3) is 0 Å². The van der Waals surface area contributed by atoms with Crippen LogP contribution in [0.1, 0.15) is 50.1 Å². The van der Waals surface area contributed by atoms with E-state index in [9.17, 15) is 5.11 Å². The molecule has 1 aromatic heterocycles. The number of rotatable bonds is 7. The lowest BCUT2D eigenvalue weighted by atomic mass is 10.1. The van der Waals surface area contributed by atoms with Gasteiger partial charge in [-0.05, 0) is 19.4 Å². The molecule has 1 heterocycles. The van der Waals surface area contributed by atoms with Crippen LogP contribution < -0.4 is 0 Å². The lowest BCUT2D eigenvalue weighted by molar-refractivity contribution is 0.0478. The van der Waals surface area contributed by atoms with Gasteiger partial charge in [-0.1, -0.05) is 36.7 Å². The summed E-state index contributed by atoms with van der Waals surface area (Å²) >= 11 is 0. The van der Waals surface area contributed by atoms with Crippen LogP contribution in [0.5, 0.6) is 5.75 Å². The normalized spacial score (nSPS) is 12.5. The van der Waals surface area contributed by atoms with Crippen molar-refractivity contribution >= 4 is 0 Å². The molecule has 0 saturated heterocycles. The summed E-state index contributed by atoms with van der Waals surface area (Å²) in [5.41, 5.74) is 0.770. The maximum absolute atomic E-state index is 9.74. The van der Waals surface area contributed by atoms with Crippen molar-refractivity contribution < 1.29 is 14.4 Å². The first-order valence-corrected chi connectivity index (χ1v) is 6.95. The molecule has 108 valence electrons. The maximum Gasteiger partial charge on any atom is 0.231 e. The number of hydrogen-bond acceptors (Lipinski definition) is 5. The summed E-state index contributed by atoms with van der Waals surface area (Å²) in [6.07, 6.45) is 2.16. The molecule has 2 rings (SSSR count). The summed E-state index contributed by atoms with van der Waals surface area (Å²) in [6.45, 7) is 4.66. The molecule has 5 nitrogen and oxygen atoms in total. The van der Waals surface area contributed by atoms with E-state index >= 15 is 0 Å². The molecule has 0 fully saturated rings. The number of nitrogens with zero attached hydrogens (tertiary/aromatic N) is 2. The largest absolute Gasteiger partial charge is 0.508 e. The summed E-state index contributed by atoms with van der Waals surface area (Å²) in [5, 5.41) is 13.7. The van der Waals surface area contributed by atoms with Crippen molar-refractivity contribution in [1.82, 2.24) is 10.1 Å². The molecule has 5 heteroatoms. The van der Waals surface area contributed by atoms with Gasteiger partial charge in [-0.2, -0.15) is 4.98 Å². The fourth-order valence-electron chi connectivity index (χ4n) is 2.04. The van der Waals surface area contributed by atoms with Crippen molar-refractivity contribution in [1.29, 1.82) is 0 Å². The van der Waals surface area contributed by atoms with E-state index in [1.165, 1.54) is 0 Å². The van der Waals surface area contributed by atoms with Gasteiger partial charge in [0.05, 0.1) is 6.42 Å². The highest BCUT2D eigenvalue weighted by Gasteiger charge is 2.18. The molecule has 1 unspecified atom stereocenters. The van der Waals surface area contributed by atoms with Crippen LogP contribution in [0.25, 0.3) is 0 Å². The zero-order valence-electron chi connectivity index (χ0n) is 11.9. The van der Waals surface area contributed by atoms with Gasteiger partial charge >= 0.3 is 0 Å². The number of phenolic OH excluding ortho intramolecular Hbond substituents is 1. The molecular weight excluding hydrogens is 256 g/mol. The number of aromatic hydroxyl groups is 1. The highest BCUT2D eigenvalue weighted by Crippen LogP contribution is 2.22. The van der Waals surface area contributed by atoms with Crippen LogP contribution in [-0.2, 0) is 11.2 Å². The molecule has 0 spiro atoms. The Morgan fingerprint density at radius 1 is 1.30 bits per heavy atom. The first-order chi connectivity index (χ1) is 9.74. The molecule has 0 aliphatic heterocycles.